The fourth-order valence-corrected chi connectivity index (χ4v) is 2.23. The number of nitrogens with one attached hydrogen (secondary N) is 1. The van der Waals surface area contributed by atoms with Crippen molar-refractivity contribution in [2.75, 3.05) is 0 Å². The third-order valence-electron chi connectivity index (χ3n) is 3.21. The SMILES string of the molecule is Cc1nn(C)c(C)c1-c1nc2c(F)cccc2[nH]1. The molecule has 18 heavy (non-hydrogen) atoms. The lowest BCUT2D eigenvalue weighted by molar-refractivity contribution is 0.637. The summed E-state index contributed by atoms with van der Waals surface area (Å²) in [5, 5.41) is 4.34. The number of fused-ring (bicyclic) bond motifs is 1. The van der Waals surface area contributed by atoms with E-state index in [-0.39, 0.29) is 5.82 Å². The van der Waals surface area contributed by atoms with Crippen LogP contribution in [0, 0.1) is 19.7 Å². The molecule has 2 aromatic heterocycles. The van der Waals surface area contributed by atoms with Crippen LogP contribution in [0.5, 0.6) is 0 Å². The molecular formula is C13H13FN4. The first kappa shape index (κ1) is 11.0. The van der Waals surface area contributed by atoms with Crippen molar-refractivity contribution in [1.82, 2.24) is 19.7 Å². The summed E-state index contributed by atoms with van der Waals surface area (Å²) in [6.07, 6.45) is 0. The molecule has 1 N–H and O–H groups in total. The molecule has 0 aliphatic heterocycles. The van der Waals surface area contributed by atoms with E-state index < -0.39 is 0 Å². The maximum Gasteiger partial charge on any atom is 0.151 e. The third-order valence-corrected chi connectivity index (χ3v) is 3.21. The molecule has 0 spiro atoms. The van der Waals surface area contributed by atoms with Crippen molar-refractivity contribution in [2.24, 2.45) is 7.05 Å². The molecule has 3 rings (SSSR count). The summed E-state index contributed by atoms with van der Waals surface area (Å²) >= 11 is 0. The lowest BCUT2D eigenvalue weighted by atomic mass is 10.2. The summed E-state index contributed by atoms with van der Waals surface area (Å²) < 4.78 is 15.4. The Morgan fingerprint density at radius 3 is 2.67 bits per heavy atom. The van der Waals surface area contributed by atoms with Crippen LogP contribution in [0.3, 0.4) is 0 Å². The Balaban J connectivity index is 2.29. The average molecular weight is 244 g/mol. The fraction of sp³-hybridized carbons (Fsp3) is 0.231. The number of aryl methyl sites for hydroxylation is 2. The smallest absolute Gasteiger partial charge is 0.151 e. The number of hydrogen-bond acceptors (Lipinski definition) is 2. The number of rotatable bonds is 1. The van der Waals surface area contributed by atoms with E-state index in [0.717, 1.165) is 17.0 Å². The highest BCUT2D eigenvalue weighted by Gasteiger charge is 2.16. The topological polar surface area (TPSA) is 46.5 Å². The number of imidazole rings is 1. The molecule has 5 heteroatoms. The minimum absolute atomic E-state index is 0.311. The average Bonchev–Trinajstić information content (AvgIpc) is 2.83. The van der Waals surface area contributed by atoms with Gasteiger partial charge in [-0.3, -0.25) is 4.68 Å². The van der Waals surface area contributed by atoms with Crippen molar-refractivity contribution in [3.05, 3.63) is 35.4 Å². The zero-order valence-corrected chi connectivity index (χ0v) is 10.5. The number of nitrogens with zero attached hydrogens (tertiary/aromatic N) is 3. The normalized spacial score (nSPS) is 11.3. The van der Waals surface area contributed by atoms with Crippen molar-refractivity contribution in [3.63, 3.8) is 0 Å². The van der Waals surface area contributed by atoms with Crippen molar-refractivity contribution < 1.29 is 4.39 Å². The van der Waals surface area contributed by atoms with Crippen LogP contribution >= 0.6 is 0 Å². The lowest BCUT2D eigenvalue weighted by Crippen LogP contribution is -1.92. The molecule has 0 fully saturated rings. The second-order valence-electron chi connectivity index (χ2n) is 4.39. The van der Waals surface area contributed by atoms with E-state index in [2.05, 4.69) is 15.1 Å². The molecule has 0 aliphatic rings. The van der Waals surface area contributed by atoms with Crippen LogP contribution in [0.2, 0.25) is 0 Å². The fourth-order valence-electron chi connectivity index (χ4n) is 2.23. The number of para-hydroxylation sites is 1. The zero-order chi connectivity index (χ0) is 12.9. The Kier molecular flexibility index (Phi) is 2.23. The quantitative estimate of drug-likeness (QED) is 0.715. The highest BCUT2D eigenvalue weighted by molar-refractivity contribution is 5.80. The van der Waals surface area contributed by atoms with E-state index in [1.54, 1.807) is 10.7 Å². The highest BCUT2D eigenvalue weighted by Crippen LogP contribution is 2.26. The van der Waals surface area contributed by atoms with Gasteiger partial charge in [0.1, 0.15) is 11.3 Å². The molecule has 0 amide bonds. The van der Waals surface area contributed by atoms with Gasteiger partial charge in [-0.1, -0.05) is 6.07 Å². The molecule has 0 atom stereocenters. The predicted molar refractivity (Wildman–Crippen MR) is 67.7 cm³/mol. The monoisotopic (exact) mass is 244 g/mol. The predicted octanol–water partition coefficient (Wildman–Crippen LogP) is 2.72. The van der Waals surface area contributed by atoms with Crippen LogP contribution in [-0.2, 0) is 7.05 Å². The standard InChI is InChI=1S/C13H13FN4/c1-7-11(8(2)18(3)17-7)13-15-10-6-4-5-9(14)12(10)16-13/h4-6H,1-3H3,(H,15,16). The lowest BCUT2D eigenvalue weighted by Gasteiger charge is -1.96. The molecule has 0 saturated carbocycles. The summed E-state index contributed by atoms with van der Waals surface area (Å²) in [5.74, 6) is 0.354. The Morgan fingerprint density at radius 1 is 1.28 bits per heavy atom. The van der Waals surface area contributed by atoms with E-state index in [4.69, 9.17) is 0 Å². The van der Waals surface area contributed by atoms with Gasteiger partial charge in [0, 0.05) is 12.7 Å². The van der Waals surface area contributed by atoms with Crippen LogP contribution < -0.4 is 0 Å². The number of hydrogen-bond donors (Lipinski definition) is 1. The summed E-state index contributed by atoms with van der Waals surface area (Å²) in [5.41, 5.74) is 3.90. The first-order valence-electron chi connectivity index (χ1n) is 5.72. The summed E-state index contributed by atoms with van der Waals surface area (Å²) in [7, 11) is 1.88. The maximum absolute atomic E-state index is 13.6. The van der Waals surface area contributed by atoms with E-state index >= 15 is 0 Å². The molecule has 0 aliphatic carbocycles. The van der Waals surface area contributed by atoms with Crippen LogP contribution in [0.25, 0.3) is 22.4 Å². The van der Waals surface area contributed by atoms with Crippen molar-refractivity contribution >= 4 is 11.0 Å². The van der Waals surface area contributed by atoms with E-state index in [9.17, 15) is 4.39 Å². The van der Waals surface area contributed by atoms with Gasteiger partial charge in [0.25, 0.3) is 0 Å². The first-order chi connectivity index (χ1) is 8.58. The van der Waals surface area contributed by atoms with Crippen LogP contribution in [0.15, 0.2) is 18.2 Å². The number of halogens is 1. The van der Waals surface area contributed by atoms with E-state index in [1.807, 2.05) is 27.0 Å². The number of aromatic nitrogens is 4. The van der Waals surface area contributed by atoms with Gasteiger partial charge in [0.05, 0.1) is 16.8 Å². The molecule has 0 unspecified atom stereocenters. The Bertz CT molecular complexity index is 739. The molecule has 3 aromatic rings. The summed E-state index contributed by atoms with van der Waals surface area (Å²) in [6.45, 7) is 3.89. The summed E-state index contributed by atoms with van der Waals surface area (Å²) in [6, 6.07) is 4.90. The number of benzene rings is 1. The molecule has 0 bridgehead atoms. The molecule has 1 aromatic carbocycles. The van der Waals surface area contributed by atoms with Gasteiger partial charge in [-0.05, 0) is 26.0 Å². The summed E-state index contributed by atoms with van der Waals surface area (Å²) in [4.78, 5) is 7.48. The second-order valence-corrected chi connectivity index (χ2v) is 4.39. The van der Waals surface area contributed by atoms with Crippen LogP contribution in [0.4, 0.5) is 4.39 Å². The van der Waals surface area contributed by atoms with Crippen molar-refractivity contribution in [2.45, 2.75) is 13.8 Å². The van der Waals surface area contributed by atoms with Gasteiger partial charge in [-0.2, -0.15) is 5.10 Å². The van der Waals surface area contributed by atoms with Gasteiger partial charge in [-0.15, -0.1) is 0 Å². The maximum atomic E-state index is 13.6. The van der Waals surface area contributed by atoms with Gasteiger partial charge in [0.2, 0.25) is 0 Å². The van der Waals surface area contributed by atoms with Crippen molar-refractivity contribution in [3.8, 4) is 11.4 Å². The van der Waals surface area contributed by atoms with Crippen LogP contribution in [0.1, 0.15) is 11.4 Å². The van der Waals surface area contributed by atoms with E-state index in [0.29, 0.717) is 16.9 Å². The Labute approximate surface area is 103 Å². The minimum atomic E-state index is -0.311. The first-order valence-corrected chi connectivity index (χ1v) is 5.72. The number of aromatic amines is 1. The molecule has 2 heterocycles. The van der Waals surface area contributed by atoms with Gasteiger partial charge in [0.15, 0.2) is 5.82 Å². The van der Waals surface area contributed by atoms with Gasteiger partial charge < -0.3 is 4.98 Å². The van der Waals surface area contributed by atoms with Crippen molar-refractivity contribution in [1.29, 1.82) is 0 Å². The largest absolute Gasteiger partial charge is 0.338 e. The van der Waals surface area contributed by atoms with Gasteiger partial charge >= 0.3 is 0 Å². The van der Waals surface area contributed by atoms with Crippen LogP contribution in [-0.4, -0.2) is 19.7 Å². The van der Waals surface area contributed by atoms with E-state index in [1.165, 1.54) is 6.07 Å². The molecule has 92 valence electrons. The highest BCUT2D eigenvalue weighted by atomic mass is 19.1. The third kappa shape index (κ3) is 1.44. The second kappa shape index (κ2) is 3.66. The molecule has 0 saturated heterocycles. The number of H-pyrrole nitrogens is 1. The Hall–Kier alpha value is -2.17. The molecule has 0 radical (unpaired) electrons. The molecular weight excluding hydrogens is 231 g/mol. The minimum Gasteiger partial charge on any atom is -0.338 e. The zero-order valence-electron chi connectivity index (χ0n) is 10.5. The Morgan fingerprint density at radius 2 is 2.06 bits per heavy atom. The molecule has 4 nitrogen and oxygen atoms in total. The van der Waals surface area contributed by atoms with Gasteiger partial charge in [-0.25, -0.2) is 9.37 Å².